The Morgan fingerprint density at radius 1 is 1.03 bits per heavy atom. The molecule has 0 aliphatic rings. The second-order valence-corrected chi connectivity index (χ2v) is 7.60. The number of nitrogens with two attached hydrogens (primary N) is 1. The van der Waals surface area contributed by atoms with Gasteiger partial charge in [0.15, 0.2) is 5.82 Å². The van der Waals surface area contributed by atoms with Crippen molar-refractivity contribution in [3.63, 3.8) is 0 Å². The van der Waals surface area contributed by atoms with Gasteiger partial charge in [-0.3, -0.25) is 0 Å². The molecule has 0 saturated carbocycles. The van der Waals surface area contributed by atoms with E-state index in [1.165, 1.54) is 30.1 Å². The number of nitrogens with zero attached hydrogens (tertiary/aromatic N) is 6. The molecule has 0 spiro atoms. The van der Waals surface area contributed by atoms with Crippen LogP contribution in [0, 0.1) is 6.92 Å². The van der Waals surface area contributed by atoms with Crippen LogP contribution in [0.25, 0.3) is 11.0 Å². The summed E-state index contributed by atoms with van der Waals surface area (Å²) in [5.41, 5.74) is 8.17. The van der Waals surface area contributed by atoms with Gasteiger partial charge < -0.3 is 5.73 Å². The monoisotopic (exact) mass is 417 g/mol. The van der Waals surface area contributed by atoms with Crippen molar-refractivity contribution in [2.24, 2.45) is 0 Å². The van der Waals surface area contributed by atoms with E-state index in [1.807, 2.05) is 6.92 Å². The third kappa shape index (κ3) is 3.99. The van der Waals surface area contributed by atoms with Crippen LogP contribution in [-0.4, -0.2) is 29.9 Å². The standard InChI is InChI=1S/C18H14F3N7S/c1-9-5-23-16(29-9)12(10-6-24-17(25-7-10)18(19,20)21)4-11-2-3-13-14(28-11)15(22)27-8-26-13/h2-3,5-8,12H,4H2,1H3,(H2,22,26,27)/t12-/m0/s1. The normalized spacial score (nSPS) is 13.0. The van der Waals surface area contributed by atoms with Crippen LogP contribution >= 0.6 is 11.3 Å². The molecule has 0 radical (unpaired) electrons. The van der Waals surface area contributed by atoms with Crippen LogP contribution in [0.4, 0.5) is 19.0 Å². The second kappa shape index (κ2) is 7.32. The van der Waals surface area contributed by atoms with E-state index in [0.717, 1.165) is 9.88 Å². The van der Waals surface area contributed by atoms with Crippen molar-refractivity contribution in [1.82, 2.24) is 29.9 Å². The summed E-state index contributed by atoms with van der Waals surface area (Å²) < 4.78 is 38.4. The fraction of sp³-hybridized carbons (Fsp3) is 0.222. The molecule has 2 N–H and O–H groups in total. The predicted octanol–water partition coefficient (Wildman–Crippen LogP) is 3.56. The van der Waals surface area contributed by atoms with Crippen molar-refractivity contribution in [2.45, 2.75) is 25.4 Å². The first-order chi connectivity index (χ1) is 13.8. The minimum atomic E-state index is -4.59. The lowest BCUT2D eigenvalue weighted by molar-refractivity contribution is -0.145. The summed E-state index contributed by atoms with van der Waals surface area (Å²) in [6.07, 6.45) is 1.25. The molecule has 0 amide bonds. The molecule has 0 saturated heterocycles. The van der Waals surface area contributed by atoms with E-state index in [0.29, 0.717) is 28.7 Å². The van der Waals surface area contributed by atoms with Crippen LogP contribution in [0.3, 0.4) is 0 Å². The van der Waals surface area contributed by atoms with Crippen molar-refractivity contribution in [3.05, 3.63) is 64.0 Å². The largest absolute Gasteiger partial charge is 0.451 e. The van der Waals surface area contributed by atoms with Crippen LogP contribution < -0.4 is 5.73 Å². The van der Waals surface area contributed by atoms with Crippen molar-refractivity contribution < 1.29 is 13.2 Å². The molecule has 4 heterocycles. The summed E-state index contributed by atoms with van der Waals surface area (Å²) in [6, 6.07) is 3.58. The zero-order valence-electron chi connectivity index (χ0n) is 15.1. The molecule has 0 aromatic carbocycles. The first-order valence-electron chi connectivity index (χ1n) is 8.49. The van der Waals surface area contributed by atoms with E-state index < -0.39 is 12.0 Å². The molecule has 0 bridgehead atoms. The fourth-order valence-electron chi connectivity index (χ4n) is 2.87. The van der Waals surface area contributed by atoms with Crippen molar-refractivity contribution >= 4 is 28.2 Å². The van der Waals surface area contributed by atoms with Crippen LogP contribution in [0.2, 0.25) is 0 Å². The number of halogens is 3. The lowest BCUT2D eigenvalue weighted by atomic mass is 9.96. The van der Waals surface area contributed by atoms with Gasteiger partial charge >= 0.3 is 6.18 Å². The van der Waals surface area contributed by atoms with Gasteiger partial charge in [0, 0.05) is 41.5 Å². The highest BCUT2D eigenvalue weighted by atomic mass is 32.1. The molecule has 4 aromatic rings. The number of pyridine rings is 1. The van der Waals surface area contributed by atoms with Crippen LogP contribution in [0.15, 0.2) is 37.1 Å². The summed E-state index contributed by atoms with van der Waals surface area (Å²) in [6.45, 7) is 1.91. The number of aromatic nitrogens is 6. The van der Waals surface area contributed by atoms with Gasteiger partial charge in [0.25, 0.3) is 0 Å². The third-order valence-corrected chi connectivity index (χ3v) is 5.27. The highest BCUT2D eigenvalue weighted by Gasteiger charge is 2.34. The van der Waals surface area contributed by atoms with Gasteiger partial charge in [0.05, 0.1) is 5.52 Å². The summed E-state index contributed by atoms with van der Waals surface area (Å²) >= 11 is 1.46. The molecular formula is C18H14F3N7S. The maximum Gasteiger partial charge on any atom is 0.451 e. The van der Waals surface area contributed by atoms with E-state index >= 15 is 0 Å². The summed E-state index contributed by atoms with van der Waals surface area (Å²) in [5, 5.41) is 0.741. The number of rotatable bonds is 4. The van der Waals surface area contributed by atoms with Crippen molar-refractivity contribution in [1.29, 1.82) is 0 Å². The van der Waals surface area contributed by atoms with Crippen LogP contribution in [0.5, 0.6) is 0 Å². The molecule has 0 fully saturated rings. The first-order valence-corrected chi connectivity index (χ1v) is 9.30. The first kappa shape index (κ1) is 19.1. The molecule has 148 valence electrons. The predicted molar refractivity (Wildman–Crippen MR) is 101 cm³/mol. The summed E-state index contributed by atoms with van der Waals surface area (Å²) in [5.74, 6) is -1.27. The van der Waals surface area contributed by atoms with Gasteiger partial charge in [-0.15, -0.1) is 11.3 Å². The number of hydrogen-bond donors (Lipinski definition) is 1. The number of fused-ring (bicyclic) bond motifs is 1. The maximum absolute atomic E-state index is 12.8. The highest BCUT2D eigenvalue weighted by Crippen LogP contribution is 2.32. The highest BCUT2D eigenvalue weighted by molar-refractivity contribution is 7.11. The molecule has 1 atom stereocenters. The van der Waals surface area contributed by atoms with E-state index in [1.54, 1.807) is 18.3 Å². The quantitative estimate of drug-likeness (QED) is 0.541. The number of anilines is 1. The third-order valence-electron chi connectivity index (χ3n) is 4.25. The molecule has 0 unspecified atom stereocenters. The van der Waals surface area contributed by atoms with Gasteiger partial charge in [-0.25, -0.2) is 29.9 Å². The average molecular weight is 417 g/mol. The Morgan fingerprint density at radius 3 is 2.45 bits per heavy atom. The molecule has 0 aliphatic heterocycles. The number of nitrogen functional groups attached to an aromatic ring is 1. The Kier molecular flexibility index (Phi) is 4.82. The number of thiazole rings is 1. The molecule has 4 rings (SSSR count). The van der Waals surface area contributed by atoms with Gasteiger partial charge in [0.1, 0.15) is 16.9 Å². The van der Waals surface area contributed by atoms with Gasteiger partial charge in [-0.1, -0.05) is 0 Å². The van der Waals surface area contributed by atoms with Gasteiger partial charge in [0.2, 0.25) is 5.82 Å². The van der Waals surface area contributed by atoms with Crippen LogP contribution in [-0.2, 0) is 12.6 Å². The van der Waals surface area contributed by atoms with Gasteiger partial charge in [-0.05, 0) is 24.6 Å². The Morgan fingerprint density at radius 2 is 1.79 bits per heavy atom. The molecule has 4 aromatic heterocycles. The SMILES string of the molecule is Cc1cnc([C@@H](Cc2ccc3ncnc(N)c3n2)c2cnc(C(F)(F)F)nc2)s1. The molecular weight excluding hydrogens is 403 g/mol. The molecule has 0 aliphatic carbocycles. The topological polar surface area (TPSA) is 103 Å². The van der Waals surface area contributed by atoms with E-state index in [4.69, 9.17) is 5.73 Å². The summed E-state index contributed by atoms with van der Waals surface area (Å²) in [7, 11) is 0. The van der Waals surface area contributed by atoms with Crippen molar-refractivity contribution in [2.75, 3.05) is 5.73 Å². The van der Waals surface area contributed by atoms with Gasteiger partial charge in [-0.2, -0.15) is 13.2 Å². The Balaban J connectivity index is 1.73. The Labute approximate surface area is 166 Å². The van der Waals surface area contributed by atoms with E-state index in [9.17, 15) is 13.2 Å². The minimum absolute atomic E-state index is 0.261. The smallest absolute Gasteiger partial charge is 0.382 e. The Bertz CT molecular complexity index is 1160. The zero-order valence-corrected chi connectivity index (χ0v) is 15.9. The summed E-state index contributed by atoms with van der Waals surface area (Å²) in [4.78, 5) is 25.0. The second-order valence-electron chi connectivity index (χ2n) is 6.33. The minimum Gasteiger partial charge on any atom is -0.382 e. The van der Waals surface area contributed by atoms with Crippen molar-refractivity contribution in [3.8, 4) is 0 Å². The maximum atomic E-state index is 12.8. The van der Waals surface area contributed by atoms with E-state index in [2.05, 4.69) is 29.9 Å². The fourth-order valence-corrected chi connectivity index (χ4v) is 3.77. The molecule has 29 heavy (non-hydrogen) atoms. The lowest BCUT2D eigenvalue weighted by Gasteiger charge is -2.15. The number of alkyl halides is 3. The number of hydrogen-bond acceptors (Lipinski definition) is 8. The average Bonchev–Trinajstić information content (AvgIpc) is 3.12. The lowest BCUT2D eigenvalue weighted by Crippen LogP contribution is -2.13. The zero-order chi connectivity index (χ0) is 20.6. The number of aryl methyl sites for hydroxylation is 1. The van der Waals surface area contributed by atoms with Crippen LogP contribution in [0.1, 0.15) is 32.9 Å². The molecule has 11 heteroatoms. The Hall–Kier alpha value is -3.21. The molecule has 7 nitrogen and oxygen atoms in total. The van der Waals surface area contributed by atoms with E-state index in [-0.39, 0.29) is 11.7 Å².